The topological polar surface area (TPSA) is 79.4 Å². The highest BCUT2D eigenvalue weighted by molar-refractivity contribution is 7.18. The summed E-state index contributed by atoms with van der Waals surface area (Å²) < 4.78 is 1.12. The first-order valence-corrected chi connectivity index (χ1v) is 15.4. The predicted octanol–water partition coefficient (Wildman–Crippen LogP) is 5.93. The molecule has 1 aliphatic carbocycles. The summed E-state index contributed by atoms with van der Waals surface area (Å²) in [5, 5.41) is 4.19. The van der Waals surface area contributed by atoms with Crippen LogP contribution < -0.4 is 5.32 Å². The number of Topliss-reactive ketones (excluding diaryl/α,β-unsaturated/α-hetero) is 2. The summed E-state index contributed by atoms with van der Waals surface area (Å²) in [5.41, 5.74) is 2.21. The zero-order valence-electron chi connectivity index (χ0n) is 24.3. The van der Waals surface area contributed by atoms with Crippen molar-refractivity contribution in [2.45, 2.75) is 96.9 Å². The fourth-order valence-corrected chi connectivity index (χ4v) is 6.33. The van der Waals surface area contributed by atoms with Crippen LogP contribution >= 0.6 is 11.3 Å². The largest absolute Gasteiger partial charge is 0.353 e. The van der Waals surface area contributed by atoms with E-state index in [0.29, 0.717) is 44.1 Å². The molecule has 1 N–H and O–H groups in total. The molecule has 3 rings (SSSR count). The van der Waals surface area contributed by atoms with Crippen LogP contribution in [0.5, 0.6) is 0 Å². The van der Waals surface area contributed by atoms with Gasteiger partial charge in [-0.15, -0.1) is 11.3 Å². The second-order valence-electron chi connectivity index (χ2n) is 11.5. The summed E-state index contributed by atoms with van der Waals surface area (Å²) in [7, 11) is 3.84. The Morgan fingerprint density at radius 2 is 1.90 bits per heavy atom. The SMILES string of the molecule is CCC(=O)C[C@@H](Cc1nc2ccc(C(C)C)cc2s1)C(=O)N[C@H](CCC(=O)C#CCN(C)C)C1CCCCC1. The lowest BCUT2D eigenvalue weighted by Gasteiger charge is -2.32. The number of thiazole rings is 1. The standard InChI is InChI=1S/C32H45N3O3S/c1-6-26(36)19-25(21-31-33-29-16-14-24(22(2)3)20-30(29)39-31)32(38)34-28(23-11-8-7-9-12-23)17-15-27(37)13-10-18-35(4)5/h14,16,20,22-23,25,28H,6-9,11-12,15,17-19,21H2,1-5H3,(H,34,38)/t25-,28+/m0/s1. The molecule has 0 saturated heterocycles. The van der Waals surface area contributed by atoms with E-state index in [0.717, 1.165) is 40.9 Å². The number of aromatic nitrogens is 1. The molecule has 2 atom stereocenters. The molecular formula is C32H45N3O3S. The highest BCUT2D eigenvalue weighted by Gasteiger charge is 2.30. The van der Waals surface area contributed by atoms with Crippen LogP contribution in [0.3, 0.4) is 0 Å². The number of ketones is 2. The van der Waals surface area contributed by atoms with Gasteiger partial charge in [0.05, 0.1) is 27.7 Å². The lowest BCUT2D eigenvalue weighted by Crippen LogP contribution is -2.45. The number of nitrogens with zero attached hydrogens (tertiary/aromatic N) is 2. The van der Waals surface area contributed by atoms with Crippen molar-refractivity contribution in [2.24, 2.45) is 11.8 Å². The smallest absolute Gasteiger partial charge is 0.224 e. The van der Waals surface area contributed by atoms with Crippen LogP contribution in [0.2, 0.25) is 0 Å². The molecule has 1 amide bonds. The van der Waals surface area contributed by atoms with Gasteiger partial charge in [0.1, 0.15) is 5.78 Å². The lowest BCUT2D eigenvalue weighted by atomic mass is 9.81. The average Bonchev–Trinajstić information content (AvgIpc) is 3.32. The van der Waals surface area contributed by atoms with E-state index < -0.39 is 5.92 Å². The minimum atomic E-state index is -0.468. The van der Waals surface area contributed by atoms with Crippen molar-refractivity contribution in [1.82, 2.24) is 15.2 Å². The number of nitrogens with one attached hydrogen (secondary N) is 1. The van der Waals surface area contributed by atoms with Crippen molar-refractivity contribution < 1.29 is 14.4 Å². The van der Waals surface area contributed by atoms with Gasteiger partial charge in [0.15, 0.2) is 0 Å². The van der Waals surface area contributed by atoms with Crippen LogP contribution in [-0.2, 0) is 20.8 Å². The van der Waals surface area contributed by atoms with E-state index in [1.54, 1.807) is 11.3 Å². The van der Waals surface area contributed by atoms with E-state index in [-0.39, 0.29) is 29.9 Å². The van der Waals surface area contributed by atoms with Crippen molar-refractivity contribution in [3.05, 3.63) is 28.8 Å². The molecule has 212 valence electrons. The van der Waals surface area contributed by atoms with Gasteiger partial charge < -0.3 is 5.32 Å². The van der Waals surface area contributed by atoms with E-state index in [9.17, 15) is 14.4 Å². The van der Waals surface area contributed by atoms with Crippen LogP contribution in [0.1, 0.15) is 95.0 Å². The Hall–Kier alpha value is -2.56. The molecule has 2 aromatic rings. The molecule has 1 aliphatic rings. The second kappa shape index (κ2) is 15.3. The van der Waals surface area contributed by atoms with Crippen molar-refractivity contribution >= 4 is 39.0 Å². The Kier molecular flexibility index (Phi) is 12.1. The molecule has 0 bridgehead atoms. The summed E-state index contributed by atoms with van der Waals surface area (Å²) in [5.74, 6) is 5.88. The Labute approximate surface area is 238 Å². The molecule has 0 spiro atoms. The molecule has 0 aliphatic heterocycles. The zero-order chi connectivity index (χ0) is 28.4. The number of fused-ring (bicyclic) bond motifs is 1. The number of benzene rings is 1. The summed E-state index contributed by atoms with van der Waals surface area (Å²) in [4.78, 5) is 45.4. The van der Waals surface area contributed by atoms with Crippen LogP contribution in [0.4, 0.5) is 0 Å². The molecule has 1 heterocycles. The van der Waals surface area contributed by atoms with Crippen molar-refractivity contribution in [3.63, 3.8) is 0 Å². The monoisotopic (exact) mass is 551 g/mol. The van der Waals surface area contributed by atoms with Crippen molar-refractivity contribution in [3.8, 4) is 11.8 Å². The summed E-state index contributed by atoms with van der Waals surface area (Å²) in [6.45, 7) is 6.74. The van der Waals surface area contributed by atoms with Crippen LogP contribution in [-0.4, -0.2) is 54.0 Å². The minimum absolute atomic E-state index is 0.0823. The molecule has 39 heavy (non-hydrogen) atoms. The minimum Gasteiger partial charge on any atom is -0.353 e. The molecule has 1 saturated carbocycles. The summed E-state index contributed by atoms with van der Waals surface area (Å²) in [6, 6.07) is 6.27. The van der Waals surface area contributed by atoms with E-state index in [1.165, 1.54) is 12.0 Å². The molecular weight excluding hydrogens is 506 g/mol. The van der Waals surface area contributed by atoms with Crippen LogP contribution in [0.15, 0.2) is 18.2 Å². The molecule has 0 unspecified atom stereocenters. The normalized spacial score (nSPS) is 15.7. The zero-order valence-corrected chi connectivity index (χ0v) is 25.2. The highest BCUT2D eigenvalue weighted by Crippen LogP contribution is 2.30. The second-order valence-corrected chi connectivity index (χ2v) is 12.6. The summed E-state index contributed by atoms with van der Waals surface area (Å²) >= 11 is 1.61. The van der Waals surface area contributed by atoms with Gasteiger partial charge in [0, 0.05) is 31.7 Å². The third-order valence-corrected chi connectivity index (χ3v) is 8.68. The quantitative estimate of drug-likeness (QED) is 0.247. The number of hydrogen-bond donors (Lipinski definition) is 1. The molecule has 1 aromatic carbocycles. The van der Waals surface area contributed by atoms with Gasteiger partial charge in [-0.25, -0.2) is 4.98 Å². The highest BCUT2D eigenvalue weighted by atomic mass is 32.1. The summed E-state index contributed by atoms with van der Waals surface area (Å²) in [6.07, 6.45) is 7.60. The van der Waals surface area contributed by atoms with Gasteiger partial charge in [-0.2, -0.15) is 0 Å². The number of carbonyl (C=O) groups excluding carboxylic acids is 3. The molecule has 1 aromatic heterocycles. The Balaban J connectivity index is 1.75. The molecule has 6 nitrogen and oxygen atoms in total. The van der Waals surface area contributed by atoms with Crippen molar-refractivity contribution in [1.29, 1.82) is 0 Å². The van der Waals surface area contributed by atoms with E-state index >= 15 is 0 Å². The first-order chi connectivity index (χ1) is 18.7. The maximum absolute atomic E-state index is 13.7. The van der Waals surface area contributed by atoms with E-state index in [1.807, 2.05) is 25.9 Å². The first kappa shape index (κ1) is 31.0. The Bertz CT molecular complexity index is 1180. The van der Waals surface area contributed by atoms with Gasteiger partial charge in [0.2, 0.25) is 11.7 Å². The van der Waals surface area contributed by atoms with Gasteiger partial charge in [-0.3, -0.25) is 19.3 Å². The number of rotatable bonds is 13. The third kappa shape index (κ3) is 9.85. The fraction of sp³-hybridized carbons (Fsp3) is 0.625. The van der Waals surface area contributed by atoms with E-state index in [4.69, 9.17) is 4.98 Å². The van der Waals surface area contributed by atoms with Crippen molar-refractivity contribution in [2.75, 3.05) is 20.6 Å². The third-order valence-electron chi connectivity index (χ3n) is 7.64. The maximum atomic E-state index is 13.7. The molecule has 0 radical (unpaired) electrons. The average molecular weight is 552 g/mol. The number of hydrogen-bond acceptors (Lipinski definition) is 6. The predicted molar refractivity (Wildman–Crippen MR) is 160 cm³/mol. The molecule has 7 heteroatoms. The fourth-order valence-electron chi connectivity index (χ4n) is 5.23. The van der Waals surface area contributed by atoms with Gasteiger partial charge in [0.25, 0.3) is 0 Å². The van der Waals surface area contributed by atoms with Gasteiger partial charge in [-0.05, 0) is 68.8 Å². The maximum Gasteiger partial charge on any atom is 0.224 e. The van der Waals surface area contributed by atoms with E-state index in [2.05, 4.69) is 49.2 Å². The van der Waals surface area contributed by atoms with Crippen LogP contribution in [0.25, 0.3) is 10.2 Å². The Morgan fingerprint density at radius 3 is 2.56 bits per heavy atom. The lowest BCUT2D eigenvalue weighted by molar-refractivity contribution is -0.130. The first-order valence-electron chi connectivity index (χ1n) is 14.5. The number of carbonyl (C=O) groups is 3. The van der Waals surface area contributed by atoms with Gasteiger partial charge >= 0.3 is 0 Å². The van der Waals surface area contributed by atoms with Crippen LogP contribution in [0, 0.1) is 23.7 Å². The van der Waals surface area contributed by atoms with Gasteiger partial charge in [-0.1, -0.05) is 52.0 Å². The molecule has 1 fully saturated rings. The number of amides is 1. The Morgan fingerprint density at radius 1 is 1.15 bits per heavy atom.